The Balaban J connectivity index is 2.74. The van der Waals surface area contributed by atoms with Gasteiger partial charge in [-0.05, 0) is 12.1 Å². The number of carbonyl (C=O) groups excluding carboxylic acids is 1. The number of amides is 1. The van der Waals surface area contributed by atoms with Gasteiger partial charge in [0.2, 0.25) is 0 Å². The molecule has 0 unspecified atom stereocenters. The minimum absolute atomic E-state index is 0.0481. The molecule has 0 aromatic heterocycles. The van der Waals surface area contributed by atoms with Gasteiger partial charge in [-0.2, -0.15) is 0 Å². The van der Waals surface area contributed by atoms with Gasteiger partial charge < -0.3 is 15.8 Å². The number of hydrogen-bond acceptors (Lipinski definition) is 5. The van der Waals surface area contributed by atoms with Crippen molar-refractivity contribution in [3.05, 3.63) is 23.8 Å². The van der Waals surface area contributed by atoms with Gasteiger partial charge in [0.05, 0.1) is 12.9 Å². The maximum atomic E-state index is 12.0. The first-order chi connectivity index (χ1) is 8.91. The van der Waals surface area contributed by atoms with Crippen LogP contribution in [0, 0.1) is 0 Å². The highest BCUT2D eigenvalue weighted by atomic mass is 32.2. The first-order valence-electron chi connectivity index (χ1n) is 5.82. The highest BCUT2D eigenvalue weighted by molar-refractivity contribution is 7.91. The molecule has 106 valence electrons. The number of methoxy groups -OCH3 is 1. The van der Waals surface area contributed by atoms with Crippen molar-refractivity contribution in [1.29, 1.82) is 0 Å². The van der Waals surface area contributed by atoms with Crippen LogP contribution in [-0.2, 0) is 9.84 Å². The second-order valence-corrected chi connectivity index (χ2v) is 6.39. The molecule has 0 saturated heterocycles. The predicted octanol–water partition coefficient (Wildman–Crippen LogP) is 0.442. The van der Waals surface area contributed by atoms with Crippen LogP contribution in [-0.4, -0.2) is 39.5 Å². The molecule has 0 fully saturated rings. The van der Waals surface area contributed by atoms with Crippen molar-refractivity contribution in [2.45, 2.75) is 6.92 Å². The minimum Gasteiger partial charge on any atom is -0.496 e. The van der Waals surface area contributed by atoms with Crippen LogP contribution in [0.5, 0.6) is 5.75 Å². The standard InChI is InChI=1S/C12H18N2O4S/c1-3-19(16,17)8-7-14-12(15)11-9(13)5-4-6-10(11)18-2/h4-6H,3,7-8,13H2,1-2H3,(H,14,15). The Morgan fingerprint density at radius 1 is 1.42 bits per heavy atom. The lowest BCUT2D eigenvalue weighted by Crippen LogP contribution is -2.30. The summed E-state index contributed by atoms with van der Waals surface area (Å²) in [4.78, 5) is 12.0. The zero-order chi connectivity index (χ0) is 14.5. The minimum atomic E-state index is -3.10. The number of anilines is 1. The summed E-state index contributed by atoms with van der Waals surface area (Å²) in [5, 5.41) is 2.53. The molecule has 7 heteroatoms. The molecule has 0 aliphatic rings. The molecule has 0 atom stereocenters. The molecular formula is C12H18N2O4S. The third-order valence-corrected chi connectivity index (χ3v) is 4.35. The molecule has 0 heterocycles. The summed E-state index contributed by atoms with van der Waals surface area (Å²) < 4.78 is 27.7. The van der Waals surface area contributed by atoms with Crippen molar-refractivity contribution in [2.24, 2.45) is 0 Å². The van der Waals surface area contributed by atoms with Crippen molar-refractivity contribution >= 4 is 21.4 Å². The first-order valence-corrected chi connectivity index (χ1v) is 7.64. The molecule has 0 aliphatic carbocycles. The molecule has 1 amide bonds. The Bertz CT molecular complexity index is 555. The number of benzene rings is 1. The first kappa shape index (κ1) is 15.3. The quantitative estimate of drug-likeness (QED) is 0.739. The molecule has 0 radical (unpaired) electrons. The van der Waals surface area contributed by atoms with Crippen molar-refractivity contribution < 1.29 is 17.9 Å². The fraction of sp³-hybridized carbons (Fsp3) is 0.417. The van der Waals surface area contributed by atoms with Gasteiger partial charge in [-0.1, -0.05) is 13.0 Å². The van der Waals surface area contributed by atoms with E-state index >= 15 is 0 Å². The number of rotatable bonds is 6. The summed E-state index contributed by atoms with van der Waals surface area (Å²) in [6, 6.07) is 4.88. The Hall–Kier alpha value is -1.76. The molecule has 6 nitrogen and oxygen atoms in total. The number of carbonyl (C=O) groups is 1. The Morgan fingerprint density at radius 3 is 2.68 bits per heavy atom. The predicted molar refractivity (Wildman–Crippen MR) is 74.1 cm³/mol. The molecule has 1 rings (SSSR count). The van der Waals surface area contributed by atoms with Crippen molar-refractivity contribution in [1.82, 2.24) is 5.32 Å². The summed E-state index contributed by atoms with van der Waals surface area (Å²) in [5.74, 6) is -0.124. The molecule has 0 saturated carbocycles. The summed E-state index contributed by atoms with van der Waals surface area (Å²) in [6.45, 7) is 1.61. The highest BCUT2D eigenvalue weighted by Gasteiger charge is 2.16. The fourth-order valence-corrected chi connectivity index (χ4v) is 2.22. The molecule has 1 aromatic rings. The lowest BCUT2D eigenvalue weighted by molar-refractivity contribution is 0.0954. The normalized spacial score (nSPS) is 11.1. The molecule has 19 heavy (non-hydrogen) atoms. The SMILES string of the molecule is CCS(=O)(=O)CCNC(=O)c1c(N)cccc1OC. The van der Waals surface area contributed by atoms with E-state index in [1.54, 1.807) is 25.1 Å². The van der Waals surface area contributed by atoms with Crippen LogP contribution < -0.4 is 15.8 Å². The smallest absolute Gasteiger partial charge is 0.257 e. The van der Waals surface area contributed by atoms with E-state index in [9.17, 15) is 13.2 Å². The molecule has 3 N–H and O–H groups in total. The average Bonchev–Trinajstić information content (AvgIpc) is 2.37. The van der Waals surface area contributed by atoms with Gasteiger partial charge in [0.25, 0.3) is 5.91 Å². The summed E-state index contributed by atoms with van der Waals surface area (Å²) >= 11 is 0. The monoisotopic (exact) mass is 286 g/mol. The van der Waals surface area contributed by atoms with Gasteiger partial charge in [-0.15, -0.1) is 0 Å². The second kappa shape index (κ2) is 6.42. The number of nitrogen functional groups attached to an aromatic ring is 1. The van der Waals surface area contributed by atoms with Crippen LogP contribution in [0.4, 0.5) is 5.69 Å². The maximum Gasteiger partial charge on any atom is 0.257 e. The van der Waals surface area contributed by atoms with E-state index in [0.717, 1.165) is 0 Å². The number of sulfone groups is 1. The third-order valence-electron chi connectivity index (χ3n) is 2.64. The second-order valence-electron chi connectivity index (χ2n) is 3.92. The summed E-state index contributed by atoms with van der Waals surface area (Å²) in [7, 11) is -1.66. The Kier molecular flexibility index (Phi) is 5.17. The zero-order valence-electron chi connectivity index (χ0n) is 11.0. The van der Waals surface area contributed by atoms with E-state index in [1.807, 2.05) is 0 Å². The molecule has 1 aromatic carbocycles. The average molecular weight is 286 g/mol. The summed E-state index contributed by atoms with van der Waals surface area (Å²) in [5.41, 5.74) is 6.23. The maximum absolute atomic E-state index is 12.0. The fourth-order valence-electron chi connectivity index (χ4n) is 1.51. The largest absolute Gasteiger partial charge is 0.496 e. The number of nitrogens with two attached hydrogens (primary N) is 1. The van der Waals surface area contributed by atoms with Crippen LogP contribution in [0.1, 0.15) is 17.3 Å². The van der Waals surface area contributed by atoms with Gasteiger partial charge >= 0.3 is 0 Å². The van der Waals surface area contributed by atoms with Gasteiger partial charge in [0, 0.05) is 18.0 Å². The van der Waals surface area contributed by atoms with Crippen LogP contribution in [0.25, 0.3) is 0 Å². The van der Waals surface area contributed by atoms with Gasteiger partial charge in [0.15, 0.2) is 9.84 Å². The van der Waals surface area contributed by atoms with Crippen LogP contribution in [0.3, 0.4) is 0 Å². The molecule has 0 aliphatic heterocycles. The van der Waals surface area contributed by atoms with E-state index < -0.39 is 15.7 Å². The van der Waals surface area contributed by atoms with Gasteiger partial charge in [-0.3, -0.25) is 4.79 Å². The van der Waals surface area contributed by atoms with Crippen LogP contribution >= 0.6 is 0 Å². The Morgan fingerprint density at radius 2 is 2.11 bits per heavy atom. The lowest BCUT2D eigenvalue weighted by Gasteiger charge is -2.11. The third kappa shape index (κ3) is 4.13. The van der Waals surface area contributed by atoms with Crippen LogP contribution in [0.15, 0.2) is 18.2 Å². The van der Waals surface area contributed by atoms with Crippen molar-refractivity contribution in [3.8, 4) is 5.75 Å². The molecule has 0 spiro atoms. The number of ether oxygens (including phenoxy) is 1. The van der Waals surface area contributed by atoms with Crippen LogP contribution in [0.2, 0.25) is 0 Å². The molecule has 0 bridgehead atoms. The highest BCUT2D eigenvalue weighted by Crippen LogP contribution is 2.23. The molecular weight excluding hydrogens is 268 g/mol. The zero-order valence-corrected chi connectivity index (χ0v) is 11.8. The number of hydrogen-bond donors (Lipinski definition) is 2. The lowest BCUT2D eigenvalue weighted by atomic mass is 10.1. The van der Waals surface area contributed by atoms with E-state index in [0.29, 0.717) is 5.75 Å². The van der Waals surface area contributed by atoms with E-state index in [-0.39, 0.29) is 29.3 Å². The van der Waals surface area contributed by atoms with Crippen molar-refractivity contribution in [2.75, 3.05) is 30.9 Å². The van der Waals surface area contributed by atoms with Crippen molar-refractivity contribution in [3.63, 3.8) is 0 Å². The van der Waals surface area contributed by atoms with E-state index in [2.05, 4.69) is 5.32 Å². The van der Waals surface area contributed by atoms with Gasteiger partial charge in [0.1, 0.15) is 11.3 Å². The topological polar surface area (TPSA) is 98.5 Å². The van der Waals surface area contributed by atoms with E-state index in [4.69, 9.17) is 10.5 Å². The van der Waals surface area contributed by atoms with E-state index in [1.165, 1.54) is 7.11 Å². The van der Waals surface area contributed by atoms with Gasteiger partial charge in [-0.25, -0.2) is 8.42 Å². The number of nitrogens with one attached hydrogen (secondary N) is 1. The summed E-state index contributed by atoms with van der Waals surface area (Å²) in [6.07, 6.45) is 0. The Labute approximate surface area is 112 Å².